The van der Waals surface area contributed by atoms with Crippen LogP contribution in [0.15, 0.2) is 65.7 Å². The lowest BCUT2D eigenvalue weighted by Gasteiger charge is -2.08. The molecular formula is C20H21N3O3S. The Labute approximate surface area is 158 Å². The van der Waals surface area contributed by atoms with Crippen molar-refractivity contribution in [2.24, 2.45) is 0 Å². The van der Waals surface area contributed by atoms with E-state index >= 15 is 0 Å². The SMILES string of the molecule is CC(=O)c1ccc(NS(=O)(=O)c2cn(C(C)C)nc2-c2ccccc2)cc1. The molecule has 1 heterocycles. The summed E-state index contributed by atoms with van der Waals surface area (Å²) in [5.74, 6) is -0.0750. The van der Waals surface area contributed by atoms with E-state index in [1.165, 1.54) is 6.92 Å². The van der Waals surface area contributed by atoms with Gasteiger partial charge in [-0.1, -0.05) is 30.3 Å². The molecule has 6 nitrogen and oxygen atoms in total. The number of carbonyl (C=O) groups is 1. The van der Waals surface area contributed by atoms with Crippen LogP contribution in [0, 0.1) is 0 Å². The Hall–Kier alpha value is -2.93. The molecule has 0 aliphatic carbocycles. The molecule has 3 rings (SSSR count). The highest BCUT2D eigenvalue weighted by molar-refractivity contribution is 7.92. The van der Waals surface area contributed by atoms with Crippen LogP contribution in [0.4, 0.5) is 5.69 Å². The van der Waals surface area contributed by atoms with Crippen molar-refractivity contribution in [3.05, 3.63) is 66.4 Å². The van der Waals surface area contributed by atoms with E-state index in [0.717, 1.165) is 5.56 Å². The average molecular weight is 383 g/mol. The first kappa shape index (κ1) is 18.8. The Bertz CT molecular complexity index is 1050. The molecule has 1 N–H and O–H groups in total. The molecule has 0 fully saturated rings. The third kappa shape index (κ3) is 4.09. The quantitative estimate of drug-likeness (QED) is 0.649. The Morgan fingerprint density at radius 2 is 1.67 bits per heavy atom. The fraction of sp³-hybridized carbons (Fsp3) is 0.200. The van der Waals surface area contributed by atoms with Crippen molar-refractivity contribution >= 4 is 21.5 Å². The second-order valence-electron chi connectivity index (χ2n) is 6.52. The van der Waals surface area contributed by atoms with E-state index in [4.69, 9.17) is 0 Å². The zero-order chi connectivity index (χ0) is 19.6. The maximum absolute atomic E-state index is 13.0. The number of nitrogens with zero attached hydrogens (tertiary/aromatic N) is 2. The van der Waals surface area contributed by atoms with E-state index < -0.39 is 10.0 Å². The summed E-state index contributed by atoms with van der Waals surface area (Å²) in [6, 6.07) is 15.6. The minimum atomic E-state index is -3.86. The van der Waals surface area contributed by atoms with Gasteiger partial charge in [0.1, 0.15) is 10.6 Å². The Balaban J connectivity index is 2.02. The van der Waals surface area contributed by atoms with Gasteiger partial charge in [-0.3, -0.25) is 14.2 Å². The highest BCUT2D eigenvalue weighted by Crippen LogP contribution is 2.28. The molecule has 3 aromatic rings. The largest absolute Gasteiger partial charge is 0.295 e. The van der Waals surface area contributed by atoms with Crippen molar-refractivity contribution < 1.29 is 13.2 Å². The number of rotatable bonds is 6. The van der Waals surface area contributed by atoms with Crippen LogP contribution in [0.1, 0.15) is 37.2 Å². The van der Waals surface area contributed by atoms with Crippen LogP contribution in [0.5, 0.6) is 0 Å². The van der Waals surface area contributed by atoms with Gasteiger partial charge in [-0.05, 0) is 45.0 Å². The lowest BCUT2D eigenvalue weighted by molar-refractivity contribution is 0.101. The summed E-state index contributed by atoms with van der Waals surface area (Å²) in [7, 11) is -3.86. The number of nitrogens with one attached hydrogen (secondary N) is 1. The minimum Gasteiger partial charge on any atom is -0.295 e. The van der Waals surface area contributed by atoms with Gasteiger partial charge in [0, 0.05) is 29.1 Å². The Morgan fingerprint density at radius 3 is 2.22 bits per heavy atom. The lowest BCUT2D eigenvalue weighted by atomic mass is 10.1. The molecule has 0 aliphatic rings. The van der Waals surface area contributed by atoms with Crippen LogP contribution in [-0.4, -0.2) is 24.0 Å². The van der Waals surface area contributed by atoms with Crippen molar-refractivity contribution in [1.82, 2.24) is 9.78 Å². The van der Waals surface area contributed by atoms with Crippen molar-refractivity contribution in [3.8, 4) is 11.3 Å². The van der Waals surface area contributed by atoms with Crippen molar-refractivity contribution in [3.63, 3.8) is 0 Å². The van der Waals surface area contributed by atoms with Crippen molar-refractivity contribution in [2.75, 3.05) is 4.72 Å². The molecule has 140 valence electrons. The van der Waals surface area contributed by atoms with Gasteiger partial charge in [0.05, 0.1) is 0 Å². The van der Waals surface area contributed by atoms with Gasteiger partial charge in [-0.15, -0.1) is 0 Å². The molecule has 0 amide bonds. The first-order chi connectivity index (χ1) is 12.8. The summed E-state index contributed by atoms with van der Waals surface area (Å²) < 4.78 is 30.2. The second-order valence-corrected chi connectivity index (χ2v) is 8.17. The first-order valence-corrected chi connectivity index (χ1v) is 10.0. The molecule has 0 radical (unpaired) electrons. The van der Waals surface area contributed by atoms with Gasteiger partial charge in [0.25, 0.3) is 10.0 Å². The molecule has 0 aliphatic heterocycles. The predicted molar refractivity (Wildman–Crippen MR) is 105 cm³/mol. The average Bonchev–Trinajstić information content (AvgIpc) is 3.09. The van der Waals surface area contributed by atoms with Crippen molar-refractivity contribution in [2.45, 2.75) is 31.7 Å². The van der Waals surface area contributed by atoms with Crippen LogP contribution in [-0.2, 0) is 10.0 Å². The number of ketones is 1. The zero-order valence-corrected chi connectivity index (χ0v) is 16.2. The standard InChI is InChI=1S/C20H21N3O3S/c1-14(2)23-13-19(20(21-23)17-7-5-4-6-8-17)27(25,26)22-18-11-9-16(10-12-18)15(3)24/h4-14,22H,1-3H3. The van der Waals surface area contributed by atoms with Gasteiger partial charge in [0.15, 0.2) is 5.78 Å². The smallest absolute Gasteiger partial charge is 0.265 e. The zero-order valence-electron chi connectivity index (χ0n) is 15.4. The Kier molecular flexibility index (Phi) is 5.14. The normalized spacial score (nSPS) is 11.6. The maximum Gasteiger partial charge on any atom is 0.265 e. The van der Waals surface area contributed by atoms with Gasteiger partial charge in [0.2, 0.25) is 0 Å². The number of aromatic nitrogens is 2. The summed E-state index contributed by atoms with van der Waals surface area (Å²) in [6.07, 6.45) is 1.54. The molecule has 0 saturated carbocycles. The monoisotopic (exact) mass is 383 g/mol. The highest BCUT2D eigenvalue weighted by atomic mass is 32.2. The number of carbonyl (C=O) groups excluding carboxylic acids is 1. The van der Waals surface area contributed by atoms with E-state index in [9.17, 15) is 13.2 Å². The van der Waals surface area contributed by atoms with E-state index in [2.05, 4.69) is 9.82 Å². The molecule has 1 aromatic heterocycles. The molecule has 7 heteroatoms. The summed E-state index contributed by atoms with van der Waals surface area (Å²) in [5, 5.41) is 4.48. The number of benzene rings is 2. The third-order valence-corrected chi connectivity index (χ3v) is 5.49. The molecule has 27 heavy (non-hydrogen) atoms. The van der Waals surface area contributed by atoms with Gasteiger partial charge in [-0.25, -0.2) is 8.42 Å². The minimum absolute atomic E-state index is 0.0197. The number of hydrogen-bond donors (Lipinski definition) is 1. The first-order valence-electron chi connectivity index (χ1n) is 8.56. The van der Waals surface area contributed by atoms with Gasteiger partial charge >= 0.3 is 0 Å². The highest BCUT2D eigenvalue weighted by Gasteiger charge is 2.24. The van der Waals surface area contributed by atoms with Crippen LogP contribution >= 0.6 is 0 Å². The summed E-state index contributed by atoms with van der Waals surface area (Å²) >= 11 is 0. The van der Waals surface area contributed by atoms with Crippen molar-refractivity contribution in [1.29, 1.82) is 0 Å². The van der Waals surface area contributed by atoms with E-state index in [0.29, 0.717) is 16.9 Å². The van der Waals surface area contributed by atoms with Crippen LogP contribution < -0.4 is 4.72 Å². The third-order valence-electron chi connectivity index (χ3n) is 4.11. The molecule has 2 aromatic carbocycles. The van der Waals surface area contributed by atoms with Crippen LogP contribution in [0.3, 0.4) is 0 Å². The second kappa shape index (κ2) is 7.36. The number of sulfonamides is 1. The number of hydrogen-bond acceptors (Lipinski definition) is 4. The fourth-order valence-electron chi connectivity index (χ4n) is 2.62. The summed E-state index contributed by atoms with van der Waals surface area (Å²) in [4.78, 5) is 11.5. The predicted octanol–water partition coefficient (Wildman–Crippen LogP) is 4.13. The summed E-state index contributed by atoms with van der Waals surface area (Å²) in [5.41, 5.74) is 2.04. The lowest BCUT2D eigenvalue weighted by Crippen LogP contribution is -2.13. The van der Waals surface area contributed by atoms with Crippen LogP contribution in [0.25, 0.3) is 11.3 Å². The van der Waals surface area contributed by atoms with E-state index in [1.807, 2.05) is 44.2 Å². The van der Waals surface area contributed by atoms with E-state index in [1.54, 1.807) is 35.1 Å². The van der Waals surface area contributed by atoms with Crippen LogP contribution in [0.2, 0.25) is 0 Å². The fourth-order valence-corrected chi connectivity index (χ4v) is 3.83. The van der Waals surface area contributed by atoms with Gasteiger partial charge in [-0.2, -0.15) is 5.10 Å². The summed E-state index contributed by atoms with van der Waals surface area (Å²) in [6.45, 7) is 5.34. The molecule has 0 atom stereocenters. The van der Waals surface area contributed by atoms with Gasteiger partial charge < -0.3 is 0 Å². The topological polar surface area (TPSA) is 81.1 Å². The Morgan fingerprint density at radius 1 is 1.04 bits per heavy atom. The number of anilines is 1. The maximum atomic E-state index is 13.0. The molecule has 0 unspecified atom stereocenters. The molecule has 0 spiro atoms. The van der Waals surface area contributed by atoms with E-state index in [-0.39, 0.29) is 16.7 Å². The molecule has 0 bridgehead atoms. The molecule has 0 saturated heterocycles. The number of Topliss-reactive ketones (excluding diaryl/α,β-unsaturated/α-hetero) is 1. The molecular weight excluding hydrogens is 362 g/mol.